The highest BCUT2D eigenvalue weighted by atomic mass is 16.5. The molecule has 1 aromatic rings. The van der Waals surface area contributed by atoms with Crippen molar-refractivity contribution in [1.82, 2.24) is 15.1 Å². The zero-order valence-electron chi connectivity index (χ0n) is 17.1. The van der Waals surface area contributed by atoms with E-state index in [0.717, 1.165) is 32.7 Å². The fourth-order valence-electron chi connectivity index (χ4n) is 4.19. The van der Waals surface area contributed by atoms with E-state index in [1.807, 2.05) is 13.0 Å². The molecular formula is C21H33N3O3. The van der Waals surface area contributed by atoms with Crippen LogP contribution in [-0.2, 0) is 11.3 Å². The van der Waals surface area contributed by atoms with Gasteiger partial charge >= 0.3 is 0 Å². The van der Waals surface area contributed by atoms with Crippen molar-refractivity contribution < 1.29 is 14.3 Å². The molecule has 0 saturated carbocycles. The third-order valence-corrected chi connectivity index (χ3v) is 5.66. The second kappa shape index (κ2) is 8.48. The molecule has 2 heterocycles. The van der Waals surface area contributed by atoms with Gasteiger partial charge in [0.1, 0.15) is 0 Å². The van der Waals surface area contributed by atoms with Crippen molar-refractivity contribution in [2.45, 2.75) is 39.3 Å². The highest BCUT2D eigenvalue weighted by Crippen LogP contribution is 2.37. The largest absolute Gasteiger partial charge is 0.490 e. The summed E-state index contributed by atoms with van der Waals surface area (Å²) in [5.41, 5.74) is 1.70. The van der Waals surface area contributed by atoms with Gasteiger partial charge in [-0.15, -0.1) is 0 Å². The molecule has 0 aliphatic carbocycles. The Bertz CT molecular complexity index is 656. The van der Waals surface area contributed by atoms with Gasteiger partial charge in [-0.3, -0.25) is 9.69 Å². The van der Waals surface area contributed by atoms with Crippen LogP contribution in [0.2, 0.25) is 0 Å². The van der Waals surface area contributed by atoms with Gasteiger partial charge in [-0.25, -0.2) is 0 Å². The van der Waals surface area contributed by atoms with Crippen LogP contribution in [0.5, 0.6) is 11.5 Å². The first-order valence-electron chi connectivity index (χ1n) is 9.99. The summed E-state index contributed by atoms with van der Waals surface area (Å²) >= 11 is 0. The van der Waals surface area contributed by atoms with Crippen LogP contribution < -0.4 is 14.8 Å². The molecule has 150 valence electrons. The minimum atomic E-state index is -0.543. The number of nitrogens with zero attached hydrogens (tertiary/aromatic N) is 2. The van der Waals surface area contributed by atoms with E-state index in [2.05, 4.69) is 22.3 Å². The summed E-state index contributed by atoms with van der Waals surface area (Å²) in [5, 5.41) is 3.51. The molecule has 27 heavy (non-hydrogen) atoms. The summed E-state index contributed by atoms with van der Waals surface area (Å²) < 4.78 is 11.7. The second-order valence-corrected chi connectivity index (χ2v) is 8.09. The van der Waals surface area contributed by atoms with Gasteiger partial charge in [0.25, 0.3) is 5.91 Å². The van der Waals surface area contributed by atoms with Crippen molar-refractivity contribution in [2.24, 2.45) is 5.41 Å². The smallest absolute Gasteiger partial charge is 0.262 e. The molecule has 2 unspecified atom stereocenters. The lowest BCUT2D eigenvalue weighted by molar-refractivity contribution is -0.135. The predicted octanol–water partition coefficient (Wildman–Crippen LogP) is 2.13. The molecule has 6 heteroatoms. The number of rotatable bonds is 7. The van der Waals surface area contributed by atoms with Crippen molar-refractivity contribution in [1.29, 1.82) is 0 Å². The molecule has 6 nitrogen and oxygen atoms in total. The number of ether oxygens (including phenoxy) is 2. The summed E-state index contributed by atoms with van der Waals surface area (Å²) in [4.78, 5) is 16.2. The van der Waals surface area contributed by atoms with E-state index in [0.29, 0.717) is 23.5 Å². The Labute approximate surface area is 162 Å². The van der Waals surface area contributed by atoms with E-state index in [9.17, 15) is 4.79 Å². The maximum Gasteiger partial charge on any atom is 0.262 e. The van der Waals surface area contributed by atoms with Crippen LogP contribution in [0.1, 0.15) is 32.3 Å². The molecule has 3 rings (SSSR count). The molecule has 0 radical (unpaired) electrons. The van der Waals surface area contributed by atoms with Crippen LogP contribution in [-0.4, -0.2) is 68.7 Å². The van der Waals surface area contributed by atoms with Crippen LogP contribution in [0, 0.1) is 5.41 Å². The third-order valence-electron chi connectivity index (χ3n) is 5.66. The van der Waals surface area contributed by atoms with E-state index < -0.39 is 6.10 Å². The number of hydrogen-bond acceptors (Lipinski definition) is 5. The Balaban J connectivity index is 1.67. The first kappa shape index (κ1) is 20.0. The van der Waals surface area contributed by atoms with E-state index in [4.69, 9.17) is 9.47 Å². The Morgan fingerprint density at radius 2 is 2.15 bits per heavy atom. The van der Waals surface area contributed by atoms with E-state index in [1.54, 1.807) is 25.9 Å². The predicted molar refractivity (Wildman–Crippen MR) is 106 cm³/mol. The Morgan fingerprint density at radius 3 is 2.81 bits per heavy atom. The van der Waals surface area contributed by atoms with E-state index in [-0.39, 0.29) is 5.91 Å². The maximum absolute atomic E-state index is 12.1. The van der Waals surface area contributed by atoms with Gasteiger partial charge in [-0.2, -0.15) is 0 Å². The first-order valence-corrected chi connectivity index (χ1v) is 9.99. The number of benzene rings is 1. The van der Waals surface area contributed by atoms with Crippen LogP contribution in [0.3, 0.4) is 0 Å². The van der Waals surface area contributed by atoms with Crippen molar-refractivity contribution in [3.8, 4) is 11.5 Å². The van der Waals surface area contributed by atoms with Crippen LogP contribution >= 0.6 is 0 Å². The highest BCUT2D eigenvalue weighted by Gasteiger charge is 2.40. The lowest BCUT2D eigenvalue weighted by Gasteiger charge is -2.23. The molecule has 0 aromatic heterocycles. The molecule has 2 saturated heterocycles. The molecular weight excluding hydrogens is 342 g/mol. The molecule has 1 N–H and O–H groups in total. The van der Waals surface area contributed by atoms with Crippen LogP contribution in [0.25, 0.3) is 0 Å². The van der Waals surface area contributed by atoms with Crippen LogP contribution in [0.15, 0.2) is 18.2 Å². The van der Waals surface area contributed by atoms with Crippen molar-refractivity contribution in [3.63, 3.8) is 0 Å². The summed E-state index contributed by atoms with van der Waals surface area (Å²) in [7, 11) is 3.47. The summed E-state index contributed by atoms with van der Waals surface area (Å²) in [6.07, 6.45) is 2.03. The summed E-state index contributed by atoms with van der Waals surface area (Å²) in [6, 6.07) is 6.08. The second-order valence-electron chi connectivity index (χ2n) is 8.09. The average Bonchev–Trinajstić information content (AvgIpc) is 3.26. The lowest BCUT2D eigenvalue weighted by Crippen LogP contribution is -2.35. The number of amides is 1. The van der Waals surface area contributed by atoms with Gasteiger partial charge in [-0.1, -0.05) is 6.07 Å². The minimum Gasteiger partial charge on any atom is -0.490 e. The maximum atomic E-state index is 12.1. The molecule has 1 aromatic carbocycles. The number of nitrogens with one attached hydrogen (secondary N) is 1. The van der Waals surface area contributed by atoms with Gasteiger partial charge in [-0.05, 0) is 62.9 Å². The SMILES string of the molecule is CCOc1cc(CN2CCC3(CCNC3)C2)ccc1OC(C)C(=O)N(C)C. The summed E-state index contributed by atoms with van der Waals surface area (Å²) in [6.45, 7) is 9.83. The molecule has 2 atom stereocenters. The van der Waals surface area contributed by atoms with E-state index >= 15 is 0 Å². The summed E-state index contributed by atoms with van der Waals surface area (Å²) in [5.74, 6) is 1.28. The lowest BCUT2D eigenvalue weighted by atomic mass is 9.86. The quantitative estimate of drug-likeness (QED) is 0.791. The fraction of sp³-hybridized carbons (Fsp3) is 0.667. The molecule has 0 bridgehead atoms. The van der Waals surface area contributed by atoms with Gasteiger partial charge in [0.05, 0.1) is 6.61 Å². The molecule has 2 aliphatic heterocycles. The Morgan fingerprint density at radius 1 is 1.33 bits per heavy atom. The number of likely N-dealkylation sites (tertiary alicyclic amines) is 1. The molecule has 2 aliphatic rings. The zero-order valence-corrected chi connectivity index (χ0v) is 17.1. The highest BCUT2D eigenvalue weighted by molar-refractivity contribution is 5.80. The number of carbonyl (C=O) groups is 1. The minimum absolute atomic E-state index is 0.0611. The first-order chi connectivity index (χ1) is 12.9. The topological polar surface area (TPSA) is 54.0 Å². The standard InChI is InChI=1S/C21H33N3O3/c1-5-26-19-12-17(6-7-18(19)27-16(2)20(25)23(3)4)13-24-11-9-21(15-24)8-10-22-14-21/h6-7,12,16,22H,5,8-11,13-15H2,1-4H3. The van der Waals surface area contributed by atoms with Crippen molar-refractivity contribution >= 4 is 5.91 Å². The average molecular weight is 376 g/mol. The zero-order chi connectivity index (χ0) is 19.4. The molecule has 2 fully saturated rings. The number of carbonyl (C=O) groups excluding carboxylic acids is 1. The fourth-order valence-corrected chi connectivity index (χ4v) is 4.19. The monoisotopic (exact) mass is 375 g/mol. The molecule has 1 amide bonds. The molecule has 1 spiro atoms. The van der Waals surface area contributed by atoms with Gasteiger partial charge in [0.15, 0.2) is 17.6 Å². The number of likely N-dealkylation sites (N-methyl/N-ethyl adjacent to an activating group) is 1. The van der Waals surface area contributed by atoms with Gasteiger partial charge in [0.2, 0.25) is 0 Å². The van der Waals surface area contributed by atoms with Gasteiger partial charge < -0.3 is 19.7 Å². The van der Waals surface area contributed by atoms with Gasteiger partial charge in [0, 0.05) is 33.7 Å². The Kier molecular flexibility index (Phi) is 6.27. The van der Waals surface area contributed by atoms with E-state index in [1.165, 1.54) is 18.4 Å². The number of hydrogen-bond donors (Lipinski definition) is 1. The van der Waals surface area contributed by atoms with Crippen molar-refractivity contribution in [3.05, 3.63) is 23.8 Å². The van der Waals surface area contributed by atoms with Crippen molar-refractivity contribution in [2.75, 3.05) is 46.9 Å². The Hall–Kier alpha value is -1.79. The third kappa shape index (κ3) is 4.74. The van der Waals surface area contributed by atoms with Crippen LogP contribution in [0.4, 0.5) is 0 Å². The normalized spacial score (nSPS) is 23.6.